The van der Waals surface area contributed by atoms with Crippen LogP contribution in [0.15, 0.2) is 18.2 Å². The third-order valence-corrected chi connectivity index (χ3v) is 7.38. The lowest BCUT2D eigenvalue weighted by molar-refractivity contribution is -0.136. The molecule has 0 amide bonds. The van der Waals surface area contributed by atoms with E-state index in [0.29, 0.717) is 15.7 Å². The number of rotatable bonds is 3. The van der Waals surface area contributed by atoms with Crippen LogP contribution in [-0.4, -0.2) is 16.6 Å². The van der Waals surface area contributed by atoms with E-state index in [1.54, 1.807) is 6.07 Å². The number of thiazole rings is 1. The second-order valence-electron chi connectivity index (χ2n) is 6.73. The molecule has 0 saturated heterocycles. The second-order valence-corrected chi connectivity index (χ2v) is 8.60. The van der Waals surface area contributed by atoms with Crippen molar-refractivity contribution >= 4 is 46.1 Å². The maximum atomic E-state index is 12.8. The Labute approximate surface area is 160 Å². The molecule has 1 aromatic heterocycles. The summed E-state index contributed by atoms with van der Waals surface area (Å²) >= 11 is 14.0. The summed E-state index contributed by atoms with van der Waals surface area (Å²) in [6.07, 6.45) is 3.14. The molecule has 3 nitrogen and oxygen atoms in total. The largest absolute Gasteiger partial charge is 0.298 e. The molecule has 0 unspecified atom stereocenters. The van der Waals surface area contributed by atoms with Crippen molar-refractivity contribution in [1.29, 1.82) is 0 Å². The highest BCUT2D eigenvalue weighted by Gasteiger charge is 2.48. The number of aryl methyl sites for hydroxylation is 1. The van der Waals surface area contributed by atoms with E-state index in [2.05, 4.69) is 0 Å². The zero-order chi connectivity index (χ0) is 17.7. The molecule has 4 rings (SSSR count). The molecule has 0 aliphatic heterocycles. The van der Waals surface area contributed by atoms with Crippen LogP contribution in [0.2, 0.25) is 10.0 Å². The Morgan fingerprint density at radius 3 is 2.48 bits per heavy atom. The predicted molar refractivity (Wildman–Crippen MR) is 101 cm³/mol. The van der Waals surface area contributed by atoms with Crippen LogP contribution in [0.5, 0.6) is 0 Å². The fourth-order valence-electron chi connectivity index (χ4n) is 4.01. The van der Waals surface area contributed by atoms with Crippen LogP contribution in [0.25, 0.3) is 10.6 Å². The van der Waals surface area contributed by atoms with E-state index in [9.17, 15) is 9.59 Å². The van der Waals surface area contributed by atoms with Crippen LogP contribution in [0.1, 0.15) is 42.7 Å². The highest BCUT2D eigenvalue weighted by Crippen LogP contribution is 2.46. The fraction of sp³-hybridized carbons (Fsp3) is 0.421. The fourth-order valence-corrected chi connectivity index (χ4v) is 5.52. The van der Waals surface area contributed by atoms with E-state index in [0.717, 1.165) is 41.1 Å². The Morgan fingerprint density at radius 1 is 1.16 bits per heavy atom. The first kappa shape index (κ1) is 17.2. The Morgan fingerprint density at radius 2 is 1.84 bits per heavy atom. The van der Waals surface area contributed by atoms with Gasteiger partial charge in [0.25, 0.3) is 0 Å². The zero-order valence-corrected chi connectivity index (χ0v) is 16.0. The van der Waals surface area contributed by atoms with Crippen molar-refractivity contribution < 1.29 is 9.59 Å². The molecule has 1 aromatic carbocycles. The van der Waals surface area contributed by atoms with Crippen molar-refractivity contribution in [2.75, 3.05) is 0 Å². The highest BCUT2D eigenvalue weighted by atomic mass is 35.5. The van der Waals surface area contributed by atoms with Gasteiger partial charge in [-0.25, -0.2) is 4.98 Å². The molecule has 0 N–H and O–H groups in total. The lowest BCUT2D eigenvalue weighted by Gasteiger charge is -2.24. The third-order valence-electron chi connectivity index (χ3n) is 5.31. The summed E-state index contributed by atoms with van der Waals surface area (Å²) in [5.41, 5.74) is 1.39. The molecule has 2 aliphatic rings. The number of carbonyl (C=O) groups excluding carboxylic acids is 2. The van der Waals surface area contributed by atoms with Gasteiger partial charge >= 0.3 is 0 Å². The Hall–Kier alpha value is -1.23. The van der Waals surface area contributed by atoms with Crippen LogP contribution in [0.3, 0.4) is 0 Å². The predicted octanol–water partition coefficient (Wildman–Crippen LogP) is 5.33. The normalized spacial score (nSPS) is 25.6. The molecule has 2 saturated carbocycles. The van der Waals surface area contributed by atoms with Gasteiger partial charge in [-0.3, -0.25) is 9.59 Å². The second kappa shape index (κ2) is 6.49. The average molecular weight is 394 g/mol. The molecule has 0 spiro atoms. The van der Waals surface area contributed by atoms with Crippen molar-refractivity contribution in [1.82, 2.24) is 4.98 Å². The smallest absolute Gasteiger partial charge is 0.152 e. The molecule has 2 aliphatic carbocycles. The van der Waals surface area contributed by atoms with Gasteiger partial charge in [0.05, 0.1) is 15.7 Å². The summed E-state index contributed by atoms with van der Waals surface area (Å²) in [6.45, 7) is 2.02. The SMILES string of the molecule is CCc1sc(-c2cccc(Cl)c2Cl)nc1C1C(=O)[C@H]2CC[C@@H](C2)C1=O. The zero-order valence-electron chi connectivity index (χ0n) is 13.7. The first-order chi connectivity index (χ1) is 12.0. The summed E-state index contributed by atoms with van der Waals surface area (Å²) in [5, 5.41) is 1.64. The number of halogens is 2. The van der Waals surface area contributed by atoms with Crippen LogP contribution in [0, 0.1) is 11.8 Å². The van der Waals surface area contributed by atoms with E-state index in [4.69, 9.17) is 28.2 Å². The highest BCUT2D eigenvalue weighted by molar-refractivity contribution is 7.15. The maximum Gasteiger partial charge on any atom is 0.152 e. The molecular weight excluding hydrogens is 377 g/mol. The Bertz CT molecular complexity index is 854. The first-order valence-corrected chi connectivity index (χ1v) is 10.1. The molecule has 1 heterocycles. The van der Waals surface area contributed by atoms with Gasteiger partial charge in [-0.05, 0) is 31.7 Å². The average Bonchev–Trinajstić information content (AvgIpc) is 3.22. The number of hydrogen-bond acceptors (Lipinski definition) is 4. The Kier molecular flexibility index (Phi) is 4.47. The molecule has 6 heteroatoms. The lowest BCUT2D eigenvalue weighted by Crippen LogP contribution is -2.35. The van der Waals surface area contributed by atoms with Crippen LogP contribution in [-0.2, 0) is 16.0 Å². The van der Waals surface area contributed by atoms with Gasteiger partial charge in [0.1, 0.15) is 10.9 Å². The van der Waals surface area contributed by atoms with Gasteiger partial charge in [0.2, 0.25) is 0 Å². The number of fused-ring (bicyclic) bond motifs is 2. The topological polar surface area (TPSA) is 47.0 Å². The number of hydrogen-bond donors (Lipinski definition) is 0. The van der Waals surface area contributed by atoms with E-state index in [1.807, 2.05) is 19.1 Å². The Balaban J connectivity index is 1.81. The summed E-state index contributed by atoms with van der Waals surface area (Å²) < 4.78 is 0. The summed E-state index contributed by atoms with van der Waals surface area (Å²) in [6, 6.07) is 5.42. The minimum atomic E-state index is -0.691. The molecule has 25 heavy (non-hydrogen) atoms. The van der Waals surface area contributed by atoms with Crippen molar-refractivity contribution in [3.63, 3.8) is 0 Å². The third kappa shape index (κ3) is 2.75. The number of nitrogens with zero attached hydrogens (tertiary/aromatic N) is 1. The van der Waals surface area contributed by atoms with Gasteiger partial charge in [-0.15, -0.1) is 11.3 Å². The molecule has 130 valence electrons. The monoisotopic (exact) mass is 393 g/mol. The molecular formula is C19H17Cl2NO2S. The van der Waals surface area contributed by atoms with Gasteiger partial charge in [0.15, 0.2) is 11.6 Å². The maximum absolute atomic E-state index is 12.8. The molecule has 0 radical (unpaired) electrons. The molecule has 2 atom stereocenters. The van der Waals surface area contributed by atoms with E-state index in [-0.39, 0.29) is 23.4 Å². The summed E-state index contributed by atoms with van der Waals surface area (Å²) in [7, 11) is 0. The van der Waals surface area contributed by atoms with Crippen molar-refractivity contribution in [2.45, 2.75) is 38.5 Å². The van der Waals surface area contributed by atoms with Gasteiger partial charge in [-0.1, -0.05) is 42.3 Å². The number of ketones is 2. The number of carbonyl (C=O) groups is 2. The van der Waals surface area contributed by atoms with Crippen LogP contribution in [0.4, 0.5) is 0 Å². The minimum absolute atomic E-state index is 0.0253. The van der Waals surface area contributed by atoms with E-state index < -0.39 is 5.92 Å². The lowest BCUT2D eigenvalue weighted by atomic mass is 9.77. The van der Waals surface area contributed by atoms with Crippen LogP contribution < -0.4 is 0 Å². The molecule has 2 fully saturated rings. The number of Topliss-reactive ketones (excluding diaryl/α,β-unsaturated/α-hetero) is 2. The van der Waals surface area contributed by atoms with Gasteiger partial charge < -0.3 is 0 Å². The van der Waals surface area contributed by atoms with Gasteiger partial charge in [-0.2, -0.15) is 0 Å². The standard InChI is InChI=1S/C19H17Cl2NO2S/c1-2-13-16(14-17(23)9-6-7-10(8-9)18(14)24)22-19(25-13)11-4-3-5-12(20)15(11)21/h3-5,9-10,14H,2,6-8H2,1H3/t9-,10-/m0/s1. The van der Waals surface area contributed by atoms with Crippen molar-refractivity contribution in [2.24, 2.45) is 11.8 Å². The first-order valence-electron chi connectivity index (χ1n) is 8.52. The molecule has 2 bridgehead atoms. The summed E-state index contributed by atoms with van der Waals surface area (Å²) in [5.74, 6) is -0.524. The van der Waals surface area contributed by atoms with E-state index in [1.165, 1.54) is 11.3 Å². The quantitative estimate of drug-likeness (QED) is 0.661. The van der Waals surface area contributed by atoms with Crippen LogP contribution >= 0.6 is 34.5 Å². The van der Waals surface area contributed by atoms with E-state index >= 15 is 0 Å². The molecule has 2 aromatic rings. The number of aromatic nitrogens is 1. The van der Waals surface area contributed by atoms with Gasteiger partial charge in [0, 0.05) is 22.3 Å². The minimum Gasteiger partial charge on any atom is -0.298 e. The summed E-state index contributed by atoms with van der Waals surface area (Å²) in [4.78, 5) is 31.3. The van der Waals surface area contributed by atoms with Crippen molar-refractivity contribution in [3.05, 3.63) is 38.8 Å². The number of benzene rings is 1. The van der Waals surface area contributed by atoms with Crippen molar-refractivity contribution in [3.8, 4) is 10.6 Å².